The van der Waals surface area contributed by atoms with Crippen molar-refractivity contribution in [2.75, 3.05) is 12.0 Å². The van der Waals surface area contributed by atoms with Crippen LogP contribution in [0.1, 0.15) is 33.5 Å². The van der Waals surface area contributed by atoms with Gasteiger partial charge in [0.25, 0.3) is 5.91 Å². The molecule has 7 nitrogen and oxygen atoms in total. The molecule has 1 aliphatic heterocycles. The van der Waals surface area contributed by atoms with Gasteiger partial charge in [-0.3, -0.25) is 14.5 Å². The number of aromatic nitrogens is 1. The quantitative estimate of drug-likeness (QED) is 0.511. The van der Waals surface area contributed by atoms with Crippen molar-refractivity contribution in [3.63, 3.8) is 0 Å². The minimum atomic E-state index is -0.813. The second kappa shape index (κ2) is 6.55. The molecule has 1 aliphatic rings. The van der Waals surface area contributed by atoms with Crippen molar-refractivity contribution in [2.45, 2.75) is 13.0 Å². The molecular formula is C22H15FN2O5. The first-order valence-electron chi connectivity index (χ1n) is 9.15. The van der Waals surface area contributed by atoms with Crippen molar-refractivity contribution in [3.8, 4) is 5.75 Å². The third-order valence-corrected chi connectivity index (χ3v) is 5.13. The van der Waals surface area contributed by atoms with Gasteiger partial charge in [-0.2, -0.15) is 0 Å². The van der Waals surface area contributed by atoms with E-state index in [2.05, 4.69) is 5.16 Å². The molecule has 2 aromatic carbocycles. The topological polar surface area (TPSA) is 85.8 Å². The highest BCUT2D eigenvalue weighted by atomic mass is 19.1. The van der Waals surface area contributed by atoms with Gasteiger partial charge in [0.05, 0.1) is 24.1 Å². The minimum Gasteiger partial charge on any atom is -0.497 e. The van der Waals surface area contributed by atoms with E-state index < -0.39 is 23.2 Å². The summed E-state index contributed by atoms with van der Waals surface area (Å²) in [5.74, 6) is 0.194. The molecule has 1 amide bonds. The van der Waals surface area contributed by atoms with E-state index in [-0.39, 0.29) is 28.1 Å². The Morgan fingerprint density at radius 1 is 1.10 bits per heavy atom. The van der Waals surface area contributed by atoms with Crippen LogP contribution in [0.15, 0.2) is 62.3 Å². The number of benzene rings is 2. The van der Waals surface area contributed by atoms with Crippen molar-refractivity contribution in [2.24, 2.45) is 0 Å². The second-order valence-corrected chi connectivity index (χ2v) is 6.96. The van der Waals surface area contributed by atoms with E-state index in [1.807, 2.05) is 0 Å². The van der Waals surface area contributed by atoms with Crippen molar-refractivity contribution in [1.82, 2.24) is 5.16 Å². The highest BCUT2D eigenvalue weighted by Gasteiger charge is 2.44. The van der Waals surface area contributed by atoms with Crippen molar-refractivity contribution in [3.05, 3.63) is 87.2 Å². The molecule has 0 fully saturated rings. The Hall–Kier alpha value is -3.94. The van der Waals surface area contributed by atoms with Gasteiger partial charge >= 0.3 is 0 Å². The van der Waals surface area contributed by atoms with Crippen molar-refractivity contribution >= 4 is 22.7 Å². The number of nitrogens with zero attached hydrogens (tertiary/aromatic N) is 2. The maximum absolute atomic E-state index is 13.8. The van der Waals surface area contributed by atoms with Crippen LogP contribution in [0.5, 0.6) is 5.75 Å². The van der Waals surface area contributed by atoms with Crippen molar-refractivity contribution < 1.29 is 22.9 Å². The van der Waals surface area contributed by atoms with Crippen LogP contribution in [0.4, 0.5) is 10.2 Å². The fourth-order valence-corrected chi connectivity index (χ4v) is 3.75. The Balaban J connectivity index is 1.80. The zero-order chi connectivity index (χ0) is 21.0. The number of anilines is 1. The monoisotopic (exact) mass is 406 g/mol. The number of hydrogen-bond donors (Lipinski definition) is 0. The normalized spacial score (nSPS) is 15.6. The van der Waals surface area contributed by atoms with Crippen LogP contribution < -0.4 is 15.1 Å². The molecule has 0 spiro atoms. The molecule has 3 heterocycles. The summed E-state index contributed by atoms with van der Waals surface area (Å²) in [4.78, 5) is 28.0. The second-order valence-electron chi connectivity index (χ2n) is 6.96. The van der Waals surface area contributed by atoms with Gasteiger partial charge in [-0.1, -0.05) is 17.3 Å². The number of halogens is 1. The average molecular weight is 406 g/mol. The van der Waals surface area contributed by atoms with Gasteiger partial charge < -0.3 is 13.7 Å². The number of carbonyl (C=O) groups is 1. The van der Waals surface area contributed by atoms with Crippen LogP contribution in [0.25, 0.3) is 11.0 Å². The van der Waals surface area contributed by atoms with Crippen LogP contribution in [0.2, 0.25) is 0 Å². The maximum Gasteiger partial charge on any atom is 0.296 e. The van der Waals surface area contributed by atoms with Gasteiger partial charge in [0.15, 0.2) is 11.2 Å². The summed E-state index contributed by atoms with van der Waals surface area (Å²) in [5.41, 5.74) is 0.443. The molecule has 0 N–H and O–H groups in total. The summed E-state index contributed by atoms with van der Waals surface area (Å²) in [5, 5.41) is 4.02. The van der Waals surface area contributed by atoms with Crippen LogP contribution in [0, 0.1) is 12.7 Å². The molecule has 0 unspecified atom stereocenters. The lowest BCUT2D eigenvalue weighted by Crippen LogP contribution is -2.29. The summed E-state index contributed by atoms with van der Waals surface area (Å²) in [7, 11) is 1.54. The summed E-state index contributed by atoms with van der Waals surface area (Å²) < 4.78 is 29.9. The molecule has 150 valence electrons. The van der Waals surface area contributed by atoms with Crippen LogP contribution in [-0.4, -0.2) is 18.2 Å². The van der Waals surface area contributed by atoms with E-state index in [9.17, 15) is 14.0 Å². The summed E-state index contributed by atoms with van der Waals surface area (Å²) >= 11 is 0. The summed E-state index contributed by atoms with van der Waals surface area (Å²) in [6.45, 7) is 1.70. The van der Waals surface area contributed by atoms with E-state index in [0.29, 0.717) is 17.1 Å². The van der Waals surface area contributed by atoms with Gasteiger partial charge in [-0.15, -0.1) is 0 Å². The Morgan fingerprint density at radius 3 is 2.53 bits per heavy atom. The smallest absolute Gasteiger partial charge is 0.296 e. The Kier molecular flexibility index (Phi) is 3.95. The minimum absolute atomic E-state index is 0.0678. The summed E-state index contributed by atoms with van der Waals surface area (Å²) in [6, 6.07) is 11.4. The van der Waals surface area contributed by atoms with Crippen LogP contribution in [0.3, 0.4) is 0 Å². The number of fused-ring (bicyclic) bond motifs is 2. The van der Waals surface area contributed by atoms with Crippen LogP contribution in [-0.2, 0) is 0 Å². The van der Waals surface area contributed by atoms with Gasteiger partial charge in [-0.05, 0) is 42.8 Å². The third kappa shape index (κ3) is 2.61. The molecule has 0 radical (unpaired) electrons. The fraction of sp³-hybridized carbons (Fsp3) is 0.136. The first-order valence-corrected chi connectivity index (χ1v) is 9.15. The first-order chi connectivity index (χ1) is 14.5. The lowest BCUT2D eigenvalue weighted by Gasteiger charge is -2.22. The van der Waals surface area contributed by atoms with E-state index in [1.54, 1.807) is 44.4 Å². The molecule has 5 rings (SSSR count). The molecule has 0 bridgehead atoms. The Bertz CT molecular complexity index is 1360. The molecule has 30 heavy (non-hydrogen) atoms. The number of hydrogen-bond acceptors (Lipinski definition) is 6. The number of amides is 1. The van der Waals surface area contributed by atoms with Crippen molar-refractivity contribution in [1.29, 1.82) is 0 Å². The Labute approximate surface area is 169 Å². The fourth-order valence-electron chi connectivity index (χ4n) is 3.75. The maximum atomic E-state index is 13.8. The zero-order valence-corrected chi connectivity index (χ0v) is 16.0. The lowest BCUT2D eigenvalue weighted by atomic mass is 9.98. The SMILES string of the molecule is COc1ccc([C@H]2c3c(oc4ccc(F)cc4c3=O)C(=O)N2c2cc(C)on2)cc1. The predicted molar refractivity (Wildman–Crippen MR) is 105 cm³/mol. The molecule has 0 aliphatic carbocycles. The lowest BCUT2D eigenvalue weighted by molar-refractivity contribution is 0.0969. The first kappa shape index (κ1) is 18.1. The number of ether oxygens (including phenoxy) is 1. The molecule has 0 saturated carbocycles. The largest absolute Gasteiger partial charge is 0.497 e. The van der Waals surface area contributed by atoms with Gasteiger partial charge in [0.1, 0.15) is 22.9 Å². The molecule has 4 aromatic rings. The highest BCUT2D eigenvalue weighted by Crippen LogP contribution is 2.41. The molecule has 2 aromatic heterocycles. The number of rotatable bonds is 3. The standard InChI is InChI=1S/C22H15FN2O5/c1-11-9-17(24-30-11)25-19(12-3-6-14(28-2)7-4-12)18-20(26)15-10-13(23)5-8-16(15)29-21(18)22(25)27/h3-10,19H,1-2H3/t19-/m0/s1. The number of methoxy groups -OCH3 is 1. The molecule has 0 saturated heterocycles. The predicted octanol–water partition coefficient (Wildman–Crippen LogP) is 3.99. The van der Waals surface area contributed by atoms with Gasteiger partial charge in [0, 0.05) is 6.07 Å². The number of aryl methyl sites for hydroxylation is 1. The molecule has 8 heteroatoms. The van der Waals surface area contributed by atoms with Gasteiger partial charge in [0.2, 0.25) is 5.76 Å². The van der Waals surface area contributed by atoms with E-state index >= 15 is 0 Å². The Morgan fingerprint density at radius 2 is 1.87 bits per heavy atom. The summed E-state index contributed by atoms with van der Waals surface area (Å²) in [6.07, 6.45) is 0. The molecule has 1 atom stereocenters. The number of carbonyl (C=O) groups excluding carboxylic acids is 1. The molecular weight excluding hydrogens is 391 g/mol. The van der Waals surface area contributed by atoms with E-state index in [4.69, 9.17) is 13.7 Å². The average Bonchev–Trinajstić information content (AvgIpc) is 3.30. The van der Waals surface area contributed by atoms with Gasteiger partial charge in [-0.25, -0.2) is 4.39 Å². The van der Waals surface area contributed by atoms with Crippen LogP contribution >= 0.6 is 0 Å². The third-order valence-electron chi connectivity index (χ3n) is 5.13. The highest BCUT2D eigenvalue weighted by molar-refractivity contribution is 6.10. The van der Waals surface area contributed by atoms with E-state index in [0.717, 1.165) is 6.07 Å². The zero-order valence-electron chi connectivity index (χ0n) is 16.0. The van der Waals surface area contributed by atoms with E-state index in [1.165, 1.54) is 17.0 Å².